The van der Waals surface area contributed by atoms with E-state index in [0.717, 1.165) is 45.0 Å². The molecule has 1 atom stereocenters. The molecule has 2 heterocycles. The van der Waals surface area contributed by atoms with Crippen molar-refractivity contribution in [3.8, 4) is 6.07 Å². The maximum atomic E-state index is 12.2. The summed E-state index contributed by atoms with van der Waals surface area (Å²) in [4.78, 5) is 16.5. The van der Waals surface area contributed by atoms with Crippen LogP contribution in [0.25, 0.3) is 0 Å². The fourth-order valence-electron chi connectivity index (χ4n) is 2.81. The molecule has 1 amide bonds. The van der Waals surface area contributed by atoms with Gasteiger partial charge in [-0.1, -0.05) is 12.1 Å². The number of nitriles is 1. The predicted octanol–water partition coefficient (Wildman–Crippen LogP) is 1.46. The second kappa shape index (κ2) is 7.14. The molecule has 116 valence electrons. The summed E-state index contributed by atoms with van der Waals surface area (Å²) in [5, 5.41) is 9.07. The van der Waals surface area contributed by atoms with Crippen molar-refractivity contribution < 1.29 is 9.53 Å². The Kier molecular flexibility index (Phi) is 4.98. The second-order valence-electron chi connectivity index (χ2n) is 5.44. The van der Waals surface area contributed by atoms with Crippen LogP contribution in [0, 0.1) is 11.3 Å². The molecule has 1 aromatic carbocycles. The van der Waals surface area contributed by atoms with E-state index in [0.29, 0.717) is 11.3 Å². The molecule has 2 aliphatic rings. The summed E-state index contributed by atoms with van der Waals surface area (Å²) < 4.78 is 5.35. The summed E-state index contributed by atoms with van der Waals surface area (Å²) in [6.45, 7) is 5.03. The SMILES string of the molecule is N#Cc1cccc(C2SCC(=O)N2CCN2CCOCC2)c1. The van der Waals surface area contributed by atoms with Crippen LogP contribution in [-0.4, -0.2) is 60.9 Å². The van der Waals surface area contributed by atoms with E-state index in [1.165, 1.54) is 0 Å². The van der Waals surface area contributed by atoms with Crippen LogP contribution >= 0.6 is 11.8 Å². The third-order valence-electron chi connectivity index (χ3n) is 4.03. The lowest BCUT2D eigenvalue weighted by Crippen LogP contribution is -2.42. The van der Waals surface area contributed by atoms with Gasteiger partial charge in [0.2, 0.25) is 5.91 Å². The number of hydrogen-bond donors (Lipinski definition) is 0. The molecule has 2 saturated heterocycles. The monoisotopic (exact) mass is 317 g/mol. The van der Waals surface area contributed by atoms with Crippen LogP contribution in [-0.2, 0) is 9.53 Å². The fraction of sp³-hybridized carbons (Fsp3) is 0.500. The highest BCUT2D eigenvalue weighted by molar-refractivity contribution is 8.00. The van der Waals surface area contributed by atoms with Gasteiger partial charge in [-0.3, -0.25) is 9.69 Å². The summed E-state index contributed by atoms with van der Waals surface area (Å²) in [6, 6.07) is 9.73. The van der Waals surface area contributed by atoms with Crippen molar-refractivity contribution in [2.45, 2.75) is 5.37 Å². The summed E-state index contributed by atoms with van der Waals surface area (Å²) in [5.74, 6) is 0.704. The van der Waals surface area contributed by atoms with Crippen LogP contribution in [0.4, 0.5) is 0 Å². The van der Waals surface area contributed by atoms with E-state index >= 15 is 0 Å². The van der Waals surface area contributed by atoms with Gasteiger partial charge in [-0.25, -0.2) is 0 Å². The van der Waals surface area contributed by atoms with E-state index in [-0.39, 0.29) is 11.3 Å². The third kappa shape index (κ3) is 3.43. The third-order valence-corrected chi connectivity index (χ3v) is 5.29. The molecular formula is C16H19N3O2S. The number of hydrogen-bond acceptors (Lipinski definition) is 5. The number of thioether (sulfide) groups is 1. The molecule has 22 heavy (non-hydrogen) atoms. The number of morpholine rings is 1. The molecule has 0 saturated carbocycles. The molecule has 6 heteroatoms. The zero-order valence-corrected chi connectivity index (χ0v) is 13.2. The average molecular weight is 317 g/mol. The molecule has 0 aliphatic carbocycles. The number of rotatable bonds is 4. The van der Waals surface area contributed by atoms with Gasteiger partial charge in [0.15, 0.2) is 0 Å². The van der Waals surface area contributed by atoms with Crippen LogP contribution in [0.3, 0.4) is 0 Å². The van der Waals surface area contributed by atoms with Gasteiger partial charge in [0.05, 0.1) is 30.6 Å². The summed E-state index contributed by atoms with van der Waals surface area (Å²) in [6.07, 6.45) is 0. The van der Waals surface area contributed by atoms with Gasteiger partial charge in [-0.15, -0.1) is 11.8 Å². The van der Waals surface area contributed by atoms with E-state index in [2.05, 4.69) is 11.0 Å². The number of benzene rings is 1. The molecular weight excluding hydrogens is 298 g/mol. The molecule has 2 aliphatic heterocycles. The number of carbonyl (C=O) groups excluding carboxylic acids is 1. The van der Waals surface area contributed by atoms with Crippen molar-refractivity contribution in [3.05, 3.63) is 35.4 Å². The summed E-state index contributed by atoms with van der Waals surface area (Å²) in [5.41, 5.74) is 1.68. The lowest BCUT2D eigenvalue weighted by Gasteiger charge is -2.30. The van der Waals surface area contributed by atoms with Gasteiger partial charge in [0.25, 0.3) is 0 Å². The lowest BCUT2D eigenvalue weighted by atomic mass is 10.1. The Balaban J connectivity index is 1.67. The van der Waals surface area contributed by atoms with E-state index < -0.39 is 0 Å². The first kappa shape index (κ1) is 15.3. The smallest absolute Gasteiger partial charge is 0.233 e. The number of ether oxygens (including phenoxy) is 1. The van der Waals surface area contributed by atoms with Gasteiger partial charge in [0.1, 0.15) is 5.37 Å². The molecule has 1 aromatic rings. The molecule has 0 bridgehead atoms. The maximum absolute atomic E-state index is 12.2. The zero-order chi connectivity index (χ0) is 15.4. The Morgan fingerprint density at radius 1 is 1.32 bits per heavy atom. The quantitative estimate of drug-likeness (QED) is 0.841. The van der Waals surface area contributed by atoms with Crippen LogP contribution in [0.5, 0.6) is 0 Å². The number of amides is 1. The minimum atomic E-state index is 0.0295. The summed E-state index contributed by atoms with van der Waals surface area (Å²) >= 11 is 1.64. The molecule has 0 N–H and O–H groups in total. The van der Waals surface area contributed by atoms with Crippen molar-refractivity contribution in [2.75, 3.05) is 45.1 Å². The first-order valence-corrected chi connectivity index (χ1v) is 8.54. The van der Waals surface area contributed by atoms with Crippen molar-refractivity contribution in [3.63, 3.8) is 0 Å². The van der Waals surface area contributed by atoms with Crippen LogP contribution in [0.1, 0.15) is 16.5 Å². The molecule has 1 unspecified atom stereocenters. The first-order valence-electron chi connectivity index (χ1n) is 7.49. The fourth-order valence-corrected chi connectivity index (χ4v) is 4.02. The molecule has 2 fully saturated rings. The van der Waals surface area contributed by atoms with Gasteiger partial charge >= 0.3 is 0 Å². The van der Waals surface area contributed by atoms with E-state index in [4.69, 9.17) is 10.00 Å². The van der Waals surface area contributed by atoms with Crippen molar-refractivity contribution in [1.29, 1.82) is 5.26 Å². The summed E-state index contributed by atoms with van der Waals surface area (Å²) in [7, 11) is 0. The minimum Gasteiger partial charge on any atom is -0.379 e. The van der Waals surface area contributed by atoms with Gasteiger partial charge < -0.3 is 9.64 Å². The van der Waals surface area contributed by atoms with E-state index in [1.807, 2.05) is 23.1 Å². The Bertz CT molecular complexity index is 581. The van der Waals surface area contributed by atoms with E-state index in [1.54, 1.807) is 17.8 Å². The first-order chi connectivity index (χ1) is 10.8. The highest BCUT2D eigenvalue weighted by atomic mass is 32.2. The standard InChI is InChI=1S/C16H19N3O2S/c17-11-13-2-1-3-14(10-13)16-19(15(20)12-22-16)5-4-18-6-8-21-9-7-18/h1-3,10,16H,4-9,12H2. The molecule has 0 aromatic heterocycles. The van der Waals surface area contributed by atoms with Crippen LogP contribution in [0.2, 0.25) is 0 Å². The highest BCUT2D eigenvalue weighted by Crippen LogP contribution is 2.38. The van der Waals surface area contributed by atoms with E-state index in [9.17, 15) is 4.79 Å². The molecule has 0 spiro atoms. The second-order valence-corrected chi connectivity index (χ2v) is 6.51. The van der Waals surface area contributed by atoms with Crippen molar-refractivity contribution in [2.24, 2.45) is 0 Å². The van der Waals surface area contributed by atoms with Gasteiger partial charge in [-0.2, -0.15) is 5.26 Å². The molecule has 0 radical (unpaired) electrons. The maximum Gasteiger partial charge on any atom is 0.233 e. The Hall–Kier alpha value is -1.55. The van der Waals surface area contributed by atoms with Crippen molar-refractivity contribution in [1.82, 2.24) is 9.80 Å². The Morgan fingerprint density at radius 2 is 2.14 bits per heavy atom. The van der Waals surface area contributed by atoms with Gasteiger partial charge in [-0.05, 0) is 17.7 Å². The molecule has 3 rings (SSSR count). The minimum absolute atomic E-state index is 0.0295. The average Bonchev–Trinajstić information content (AvgIpc) is 2.95. The van der Waals surface area contributed by atoms with Crippen LogP contribution in [0.15, 0.2) is 24.3 Å². The molecule has 5 nitrogen and oxygen atoms in total. The topological polar surface area (TPSA) is 56.6 Å². The number of nitrogens with zero attached hydrogens (tertiary/aromatic N) is 3. The highest BCUT2D eigenvalue weighted by Gasteiger charge is 2.32. The Labute approximate surface area is 134 Å². The van der Waals surface area contributed by atoms with Crippen LogP contribution < -0.4 is 0 Å². The van der Waals surface area contributed by atoms with Crippen molar-refractivity contribution >= 4 is 17.7 Å². The normalized spacial score (nSPS) is 22.8. The Morgan fingerprint density at radius 3 is 2.91 bits per heavy atom. The predicted molar refractivity (Wildman–Crippen MR) is 85.3 cm³/mol. The number of carbonyl (C=O) groups is 1. The largest absolute Gasteiger partial charge is 0.379 e. The lowest BCUT2D eigenvalue weighted by molar-refractivity contribution is -0.128. The van der Waals surface area contributed by atoms with Gasteiger partial charge in [0, 0.05) is 26.2 Å². The zero-order valence-electron chi connectivity index (χ0n) is 12.4.